The SMILES string of the molecule is COc1cc(C(=O)c2ccccc2C(=O)N2CCC3(CC2)CN=C(N)N3)cc(Cl)c1OCCN1CCN(C)CC1. The molecule has 2 saturated heterocycles. The van der Waals surface area contributed by atoms with Gasteiger partial charge in [0, 0.05) is 56.9 Å². The van der Waals surface area contributed by atoms with Gasteiger partial charge in [0.1, 0.15) is 6.61 Å². The first-order chi connectivity index (χ1) is 19.3. The fraction of sp³-hybridized carbons (Fsp3) is 0.483. The number of guanidine groups is 1. The van der Waals surface area contributed by atoms with E-state index in [4.69, 9.17) is 26.8 Å². The molecule has 1 amide bonds. The van der Waals surface area contributed by atoms with E-state index in [2.05, 4.69) is 27.2 Å². The zero-order valence-electron chi connectivity index (χ0n) is 23.1. The van der Waals surface area contributed by atoms with Gasteiger partial charge < -0.3 is 30.3 Å². The second kappa shape index (κ2) is 12.0. The van der Waals surface area contributed by atoms with E-state index in [9.17, 15) is 9.59 Å². The molecule has 0 aliphatic carbocycles. The van der Waals surface area contributed by atoms with Crippen LogP contribution in [0.2, 0.25) is 5.02 Å². The number of carbonyl (C=O) groups is 2. The monoisotopic (exact) mass is 568 g/mol. The van der Waals surface area contributed by atoms with Gasteiger partial charge in [-0.2, -0.15) is 0 Å². The Kier molecular flexibility index (Phi) is 8.48. The molecular weight excluding hydrogens is 532 g/mol. The van der Waals surface area contributed by atoms with Gasteiger partial charge in [0.05, 0.1) is 29.8 Å². The Labute approximate surface area is 240 Å². The molecule has 3 aliphatic heterocycles. The lowest BCUT2D eigenvalue weighted by Gasteiger charge is -2.39. The molecule has 0 saturated carbocycles. The number of nitrogens with zero attached hydrogens (tertiary/aromatic N) is 4. The summed E-state index contributed by atoms with van der Waals surface area (Å²) >= 11 is 6.60. The summed E-state index contributed by atoms with van der Waals surface area (Å²) in [5.41, 5.74) is 6.65. The summed E-state index contributed by atoms with van der Waals surface area (Å²) in [4.78, 5) is 38.0. The number of aliphatic imine (C=N–C) groups is 1. The van der Waals surface area contributed by atoms with Gasteiger partial charge in [-0.3, -0.25) is 19.5 Å². The number of methoxy groups -OCH3 is 1. The summed E-state index contributed by atoms with van der Waals surface area (Å²) in [5, 5.41) is 3.56. The van der Waals surface area contributed by atoms with Gasteiger partial charge in [-0.25, -0.2) is 0 Å². The quantitative estimate of drug-likeness (QED) is 0.466. The lowest BCUT2D eigenvalue weighted by atomic mass is 9.87. The minimum atomic E-state index is -0.305. The molecule has 2 aromatic rings. The van der Waals surface area contributed by atoms with Gasteiger partial charge in [0.25, 0.3) is 5.91 Å². The van der Waals surface area contributed by atoms with Crippen LogP contribution in [0.3, 0.4) is 0 Å². The van der Waals surface area contributed by atoms with Crippen molar-refractivity contribution in [2.24, 2.45) is 10.7 Å². The molecule has 3 heterocycles. The third-order valence-electron chi connectivity index (χ3n) is 8.10. The number of rotatable bonds is 8. The maximum Gasteiger partial charge on any atom is 0.254 e. The minimum Gasteiger partial charge on any atom is -0.493 e. The molecule has 0 unspecified atom stereocenters. The van der Waals surface area contributed by atoms with Gasteiger partial charge in [-0.15, -0.1) is 0 Å². The van der Waals surface area contributed by atoms with E-state index in [-0.39, 0.29) is 22.3 Å². The number of likely N-dealkylation sites (tertiary alicyclic amines) is 1. The number of hydrogen-bond donors (Lipinski definition) is 2. The van der Waals surface area contributed by atoms with Gasteiger partial charge in [-0.05, 0) is 38.1 Å². The Morgan fingerprint density at radius 1 is 1.07 bits per heavy atom. The predicted octanol–water partition coefficient (Wildman–Crippen LogP) is 2.10. The van der Waals surface area contributed by atoms with Crippen molar-refractivity contribution in [3.63, 3.8) is 0 Å². The number of amides is 1. The molecule has 11 heteroatoms. The Bertz CT molecular complexity index is 1290. The number of piperazine rings is 1. The van der Waals surface area contributed by atoms with Crippen molar-refractivity contribution in [2.45, 2.75) is 18.4 Å². The molecule has 0 radical (unpaired) electrons. The number of ether oxygens (including phenoxy) is 2. The first kappa shape index (κ1) is 28.2. The van der Waals surface area contributed by atoms with E-state index in [0.717, 1.165) is 45.6 Å². The number of ketones is 1. The number of hydrogen-bond acceptors (Lipinski definition) is 9. The van der Waals surface area contributed by atoms with Crippen LogP contribution in [0.5, 0.6) is 11.5 Å². The highest BCUT2D eigenvalue weighted by Gasteiger charge is 2.39. The molecule has 1 spiro atoms. The molecule has 2 aromatic carbocycles. The minimum absolute atomic E-state index is 0.174. The Morgan fingerprint density at radius 3 is 2.42 bits per heavy atom. The molecule has 214 valence electrons. The highest BCUT2D eigenvalue weighted by molar-refractivity contribution is 6.33. The largest absolute Gasteiger partial charge is 0.493 e. The number of nitrogens with two attached hydrogens (primary N) is 1. The van der Waals surface area contributed by atoms with Gasteiger partial charge in [0.15, 0.2) is 23.2 Å². The second-order valence-electron chi connectivity index (χ2n) is 10.8. The Morgan fingerprint density at radius 2 is 1.77 bits per heavy atom. The van der Waals surface area contributed by atoms with Crippen LogP contribution in [0.25, 0.3) is 0 Å². The van der Waals surface area contributed by atoms with Crippen molar-refractivity contribution in [1.29, 1.82) is 0 Å². The lowest BCUT2D eigenvalue weighted by Crippen LogP contribution is -2.55. The third-order valence-corrected chi connectivity index (χ3v) is 8.38. The average molecular weight is 569 g/mol. The van der Waals surface area contributed by atoms with E-state index >= 15 is 0 Å². The number of halogens is 1. The zero-order valence-corrected chi connectivity index (χ0v) is 23.9. The molecule has 10 nitrogen and oxygen atoms in total. The molecule has 40 heavy (non-hydrogen) atoms. The molecule has 3 N–H and O–H groups in total. The van der Waals surface area contributed by atoms with E-state index in [1.54, 1.807) is 41.3 Å². The molecular formula is C29H37ClN6O4. The average Bonchev–Trinajstić information content (AvgIpc) is 3.33. The normalized spacial score (nSPS) is 19.3. The fourth-order valence-corrected chi connectivity index (χ4v) is 5.81. The van der Waals surface area contributed by atoms with Gasteiger partial charge in [-0.1, -0.05) is 29.8 Å². The molecule has 3 aliphatic rings. The van der Waals surface area contributed by atoms with Crippen molar-refractivity contribution >= 4 is 29.3 Å². The highest BCUT2D eigenvalue weighted by Crippen LogP contribution is 2.37. The van der Waals surface area contributed by atoms with Gasteiger partial charge in [0.2, 0.25) is 0 Å². The fourth-order valence-electron chi connectivity index (χ4n) is 5.54. The number of piperidine rings is 1. The predicted molar refractivity (Wildman–Crippen MR) is 155 cm³/mol. The van der Waals surface area contributed by atoms with Crippen molar-refractivity contribution in [1.82, 2.24) is 20.0 Å². The molecule has 0 atom stereocenters. The van der Waals surface area contributed by atoms with Crippen LogP contribution in [0.15, 0.2) is 41.4 Å². The first-order valence-corrected chi connectivity index (χ1v) is 14.1. The van der Waals surface area contributed by atoms with E-state index in [0.29, 0.717) is 60.4 Å². The topological polar surface area (TPSA) is 113 Å². The summed E-state index contributed by atoms with van der Waals surface area (Å²) in [6.45, 7) is 7.01. The highest BCUT2D eigenvalue weighted by atomic mass is 35.5. The molecule has 0 aromatic heterocycles. The number of benzene rings is 2. The number of likely N-dealkylation sites (N-methyl/N-ethyl adjacent to an activating group) is 1. The summed E-state index contributed by atoms with van der Waals surface area (Å²) in [6.07, 6.45) is 1.48. The smallest absolute Gasteiger partial charge is 0.254 e. The van der Waals surface area contributed by atoms with E-state index in [1.165, 1.54) is 7.11 Å². The van der Waals surface area contributed by atoms with Crippen LogP contribution in [0, 0.1) is 0 Å². The number of carbonyl (C=O) groups excluding carboxylic acids is 2. The summed E-state index contributed by atoms with van der Waals surface area (Å²) in [6, 6.07) is 10.1. The van der Waals surface area contributed by atoms with Crippen molar-refractivity contribution in [3.05, 3.63) is 58.1 Å². The van der Waals surface area contributed by atoms with E-state index < -0.39 is 0 Å². The molecule has 2 fully saturated rings. The molecule has 0 bridgehead atoms. The van der Waals surface area contributed by atoms with E-state index in [1.807, 2.05) is 0 Å². The Hall–Kier alpha value is -3.34. The van der Waals surface area contributed by atoms with Crippen LogP contribution in [0.4, 0.5) is 0 Å². The van der Waals surface area contributed by atoms with Crippen LogP contribution in [-0.2, 0) is 0 Å². The first-order valence-electron chi connectivity index (χ1n) is 13.7. The van der Waals surface area contributed by atoms with Crippen molar-refractivity contribution in [2.75, 3.05) is 73.1 Å². The Balaban J connectivity index is 1.28. The van der Waals surface area contributed by atoms with Crippen LogP contribution < -0.4 is 20.5 Å². The molecule has 5 rings (SSSR count). The third kappa shape index (κ3) is 6.04. The van der Waals surface area contributed by atoms with Gasteiger partial charge >= 0.3 is 0 Å². The van der Waals surface area contributed by atoms with Crippen LogP contribution in [0.1, 0.15) is 39.1 Å². The van der Waals surface area contributed by atoms with Crippen LogP contribution in [-0.4, -0.2) is 111 Å². The maximum absolute atomic E-state index is 13.7. The standard InChI is InChI=1S/C29H37ClN6O4/c1-34-11-13-35(14-12-34)15-16-40-26-23(30)17-20(18-24(26)39-2)25(37)21-5-3-4-6-22(21)27(38)36-9-7-29(8-10-36)19-32-28(31)33-29/h3-6,17-18H,7-16,19H2,1-2H3,(H3,31,32,33). The summed E-state index contributed by atoms with van der Waals surface area (Å²) in [7, 11) is 3.64. The zero-order chi connectivity index (χ0) is 28.3. The maximum atomic E-state index is 13.7. The lowest BCUT2D eigenvalue weighted by molar-refractivity contribution is 0.0665. The van der Waals surface area contributed by atoms with Crippen LogP contribution >= 0.6 is 11.6 Å². The summed E-state index contributed by atoms with van der Waals surface area (Å²) in [5.74, 6) is 0.764. The van der Waals surface area contributed by atoms with Crippen molar-refractivity contribution < 1.29 is 19.1 Å². The second-order valence-corrected chi connectivity index (χ2v) is 11.2. The van der Waals surface area contributed by atoms with Crippen molar-refractivity contribution in [3.8, 4) is 11.5 Å². The number of nitrogens with one attached hydrogen (secondary N) is 1. The summed E-state index contributed by atoms with van der Waals surface area (Å²) < 4.78 is 11.6.